The van der Waals surface area contributed by atoms with Gasteiger partial charge >= 0.3 is 0 Å². The van der Waals surface area contributed by atoms with Crippen LogP contribution in [-0.2, 0) is 0 Å². The minimum Gasteiger partial charge on any atom is -0.360 e. The van der Waals surface area contributed by atoms with Gasteiger partial charge in [0.15, 0.2) is 17.4 Å². The molecule has 0 amide bonds. The van der Waals surface area contributed by atoms with Crippen LogP contribution in [0.4, 0.5) is 8.78 Å². The molecular weight excluding hydrogens is 274 g/mol. The molecule has 0 spiro atoms. The maximum atomic E-state index is 13.2. The first kappa shape index (κ1) is 13.0. The van der Waals surface area contributed by atoms with Crippen molar-refractivity contribution in [3.8, 4) is 6.07 Å². The summed E-state index contributed by atoms with van der Waals surface area (Å²) in [5.74, 6) is -2.47. The molecule has 3 rings (SSSR count). The first-order valence-electron chi connectivity index (χ1n) is 6.11. The molecule has 3 aromatic rings. The highest BCUT2D eigenvalue weighted by molar-refractivity contribution is 6.16. The van der Waals surface area contributed by atoms with Crippen molar-refractivity contribution in [2.24, 2.45) is 0 Å². The normalized spacial score (nSPS) is 10.5. The highest BCUT2D eigenvalue weighted by Gasteiger charge is 2.16. The number of carbonyl (C=O) groups is 1. The Labute approximate surface area is 118 Å². The summed E-state index contributed by atoms with van der Waals surface area (Å²) in [4.78, 5) is 15.3. The number of nitriles is 1. The number of aromatic nitrogens is 1. The quantitative estimate of drug-likeness (QED) is 0.731. The van der Waals surface area contributed by atoms with Gasteiger partial charge in [-0.2, -0.15) is 5.26 Å². The molecule has 0 radical (unpaired) electrons. The van der Waals surface area contributed by atoms with Gasteiger partial charge in [-0.3, -0.25) is 4.79 Å². The van der Waals surface area contributed by atoms with Crippen LogP contribution in [-0.4, -0.2) is 10.8 Å². The number of nitrogens with zero attached hydrogens (tertiary/aromatic N) is 1. The molecule has 0 saturated carbocycles. The van der Waals surface area contributed by atoms with Gasteiger partial charge in [-0.1, -0.05) is 6.07 Å². The predicted molar refractivity (Wildman–Crippen MR) is 72.8 cm³/mol. The van der Waals surface area contributed by atoms with Crippen molar-refractivity contribution in [1.82, 2.24) is 4.98 Å². The number of benzene rings is 2. The van der Waals surface area contributed by atoms with Gasteiger partial charge in [0.2, 0.25) is 0 Å². The topological polar surface area (TPSA) is 56.6 Å². The second-order valence-electron chi connectivity index (χ2n) is 4.53. The number of aromatic amines is 1. The van der Waals surface area contributed by atoms with Crippen LogP contribution in [0.5, 0.6) is 0 Å². The molecule has 1 aromatic heterocycles. The minimum atomic E-state index is -1.06. The summed E-state index contributed by atoms with van der Waals surface area (Å²) in [6.07, 6.45) is 1.50. The molecule has 5 heteroatoms. The molecule has 0 saturated heterocycles. The second-order valence-corrected chi connectivity index (χ2v) is 4.53. The van der Waals surface area contributed by atoms with Crippen molar-refractivity contribution >= 4 is 16.7 Å². The molecule has 102 valence electrons. The number of hydrogen-bond acceptors (Lipinski definition) is 2. The lowest BCUT2D eigenvalue weighted by atomic mass is 10.0. The smallest absolute Gasteiger partial charge is 0.195 e. The van der Waals surface area contributed by atoms with Crippen molar-refractivity contribution in [2.45, 2.75) is 0 Å². The molecule has 0 aliphatic carbocycles. The lowest BCUT2D eigenvalue weighted by molar-refractivity contribution is 0.104. The van der Waals surface area contributed by atoms with Crippen LogP contribution in [0.15, 0.2) is 42.6 Å². The fourth-order valence-corrected chi connectivity index (χ4v) is 2.18. The van der Waals surface area contributed by atoms with E-state index in [0.717, 1.165) is 12.1 Å². The number of H-pyrrole nitrogens is 1. The Balaban J connectivity index is 2.09. The van der Waals surface area contributed by atoms with E-state index in [1.54, 1.807) is 18.2 Å². The zero-order chi connectivity index (χ0) is 15.0. The standard InChI is InChI=1S/C16H8F2N2O/c17-13-4-2-10(6-14(13)18)16(21)12-8-20-15-5-9(7-19)1-3-11(12)15/h1-6,8,20H. The lowest BCUT2D eigenvalue weighted by Gasteiger charge is -2.01. The predicted octanol–water partition coefficient (Wildman–Crippen LogP) is 3.55. The number of halogens is 2. The van der Waals surface area contributed by atoms with E-state index in [9.17, 15) is 13.6 Å². The second kappa shape index (κ2) is 4.84. The summed E-state index contributed by atoms with van der Waals surface area (Å²) >= 11 is 0. The Morgan fingerprint density at radius 1 is 1.10 bits per heavy atom. The Morgan fingerprint density at radius 3 is 2.62 bits per heavy atom. The third-order valence-electron chi connectivity index (χ3n) is 3.24. The molecule has 1 heterocycles. The summed E-state index contributed by atoms with van der Waals surface area (Å²) in [6, 6.07) is 9.91. The van der Waals surface area contributed by atoms with Crippen LogP contribution in [0.1, 0.15) is 21.5 Å². The third-order valence-corrected chi connectivity index (χ3v) is 3.24. The van der Waals surface area contributed by atoms with Crippen LogP contribution in [0.3, 0.4) is 0 Å². The molecule has 0 aliphatic rings. The molecule has 0 atom stereocenters. The van der Waals surface area contributed by atoms with E-state index in [1.807, 2.05) is 6.07 Å². The van der Waals surface area contributed by atoms with Crippen molar-refractivity contribution < 1.29 is 13.6 Å². The molecule has 0 aliphatic heterocycles. The average Bonchev–Trinajstić information content (AvgIpc) is 2.92. The van der Waals surface area contributed by atoms with E-state index in [4.69, 9.17) is 5.26 Å². The Morgan fingerprint density at radius 2 is 1.90 bits per heavy atom. The first-order chi connectivity index (χ1) is 10.1. The third kappa shape index (κ3) is 2.17. The van der Waals surface area contributed by atoms with Crippen LogP contribution >= 0.6 is 0 Å². The van der Waals surface area contributed by atoms with Crippen molar-refractivity contribution in [3.05, 3.63) is 70.9 Å². The fraction of sp³-hybridized carbons (Fsp3) is 0. The maximum absolute atomic E-state index is 13.2. The van der Waals surface area contributed by atoms with E-state index >= 15 is 0 Å². The molecule has 0 fully saturated rings. The maximum Gasteiger partial charge on any atom is 0.195 e. The van der Waals surface area contributed by atoms with Gasteiger partial charge in [-0.05, 0) is 30.3 Å². The Kier molecular flexibility index (Phi) is 2.99. The highest BCUT2D eigenvalue weighted by Crippen LogP contribution is 2.23. The van der Waals surface area contributed by atoms with Gasteiger partial charge < -0.3 is 4.98 Å². The summed E-state index contributed by atoms with van der Waals surface area (Å²) < 4.78 is 26.1. The summed E-state index contributed by atoms with van der Waals surface area (Å²) in [7, 11) is 0. The Bertz CT molecular complexity index is 906. The molecule has 0 bridgehead atoms. The van der Waals surface area contributed by atoms with E-state index < -0.39 is 17.4 Å². The number of nitrogens with one attached hydrogen (secondary N) is 1. The minimum absolute atomic E-state index is 0.0687. The first-order valence-corrected chi connectivity index (χ1v) is 6.11. The van der Waals surface area contributed by atoms with Gasteiger partial charge in [-0.15, -0.1) is 0 Å². The zero-order valence-electron chi connectivity index (χ0n) is 10.7. The SMILES string of the molecule is N#Cc1ccc2c(C(=O)c3ccc(F)c(F)c3)c[nH]c2c1. The average molecular weight is 282 g/mol. The number of ketones is 1. The molecule has 0 unspecified atom stereocenters. The summed E-state index contributed by atoms with van der Waals surface area (Å²) in [6.45, 7) is 0. The summed E-state index contributed by atoms with van der Waals surface area (Å²) in [5.41, 5.74) is 1.52. The number of hydrogen-bond donors (Lipinski definition) is 1. The van der Waals surface area contributed by atoms with Gasteiger partial charge in [0.25, 0.3) is 0 Å². The van der Waals surface area contributed by atoms with Crippen LogP contribution < -0.4 is 0 Å². The van der Waals surface area contributed by atoms with E-state index in [0.29, 0.717) is 22.0 Å². The highest BCUT2D eigenvalue weighted by atomic mass is 19.2. The van der Waals surface area contributed by atoms with Crippen LogP contribution in [0.2, 0.25) is 0 Å². The molecule has 2 aromatic carbocycles. The number of carbonyl (C=O) groups excluding carboxylic acids is 1. The van der Waals surface area contributed by atoms with Gasteiger partial charge in [0.1, 0.15) is 0 Å². The van der Waals surface area contributed by atoms with E-state index in [2.05, 4.69) is 4.98 Å². The number of fused-ring (bicyclic) bond motifs is 1. The Hall–Kier alpha value is -3.00. The van der Waals surface area contributed by atoms with Gasteiger partial charge in [0, 0.05) is 28.2 Å². The molecule has 1 N–H and O–H groups in total. The molecule has 3 nitrogen and oxygen atoms in total. The van der Waals surface area contributed by atoms with Crippen molar-refractivity contribution in [1.29, 1.82) is 5.26 Å². The van der Waals surface area contributed by atoms with Gasteiger partial charge in [0.05, 0.1) is 11.6 Å². The van der Waals surface area contributed by atoms with E-state index in [-0.39, 0.29) is 5.56 Å². The molecule has 21 heavy (non-hydrogen) atoms. The van der Waals surface area contributed by atoms with Gasteiger partial charge in [-0.25, -0.2) is 8.78 Å². The number of rotatable bonds is 2. The van der Waals surface area contributed by atoms with E-state index in [1.165, 1.54) is 12.3 Å². The van der Waals surface area contributed by atoms with Crippen molar-refractivity contribution in [2.75, 3.05) is 0 Å². The fourth-order valence-electron chi connectivity index (χ4n) is 2.18. The summed E-state index contributed by atoms with van der Waals surface area (Å²) in [5, 5.41) is 9.47. The lowest BCUT2D eigenvalue weighted by Crippen LogP contribution is -2.01. The monoisotopic (exact) mass is 282 g/mol. The van der Waals surface area contributed by atoms with Crippen LogP contribution in [0, 0.1) is 23.0 Å². The zero-order valence-corrected chi connectivity index (χ0v) is 10.7. The largest absolute Gasteiger partial charge is 0.360 e. The molecular formula is C16H8F2N2O. The van der Waals surface area contributed by atoms with Crippen molar-refractivity contribution in [3.63, 3.8) is 0 Å². The van der Waals surface area contributed by atoms with Crippen LogP contribution in [0.25, 0.3) is 10.9 Å².